The van der Waals surface area contributed by atoms with Crippen molar-refractivity contribution in [1.82, 2.24) is 4.90 Å². The van der Waals surface area contributed by atoms with E-state index in [9.17, 15) is 26.4 Å². The Morgan fingerprint density at radius 1 is 1.03 bits per heavy atom. The van der Waals surface area contributed by atoms with Gasteiger partial charge < -0.3 is 19.3 Å². The van der Waals surface area contributed by atoms with Gasteiger partial charge in [-0.1, -0.05) is 22.0 Å². The summed E-state index contributed by atoms with van der Waals surface area (Å²) in [6.07, 6.45) is -5.45. The van der Waals surface area contributed by atoms with Crippen LogP contribution in [0.5, 0.6) is 5.75 Å². The number of rotatable bonds is 3. The lowest BCUT2D eigenvalue weighted by Crippen LogP contribution is -2.61. The summed E-state index contributed by atoms with van der Waals surface area (Å²) in [6.45, 7) is 6.34. The number of amides is 1. The van der Waals surface area contributed by atoms with Crippen molar-refractivity contribution in [2.75, 3.05) is 35.4 Å². The Morgan fingerprint density at radius 3 is 2.42 bits per heavy atom. The Bertz CT molecular complexity index is 1270. The summed E-state index contributed by atoms with van der Waals surface area (Å²) in [7, 11) is -4.28. The minimum atomic E-state index is -4.96. The minimum Gasteiger partial charge on any atom is -0.444 e. The Labute approximate surface area is 215 Å². The first kappa shape index (κ1) is 26.4. The lowest BCUT2D eigenvalue weighted by molar-refractivity contribution is -0.274. The predicted octanol–water partition coefficient (Wildman–Crippen LogP) is 4.98. The molecule has 1 amide bonds. The fourth-order valence-electron chi connectivity index (χ4n) is 4.24. The number of nitrogens with zero attached hydrogens (tertiary/aromatic N) is 3. The van der Waals surface area contributed by atoms with Crippen LogP contribution in [-0.4, -0.2) is 63.6 Å². The summed E-state index contributed by atoms with van der Waals surface area (Å²) in [5, 5.41) is 0. The summed E-state index contributed by atoms with van der Waals surface area (Å²) in [4.78, 5) is 15.9. The largest absolute Gasteiger partial charge is 0.573 e. The van der Waals surface area contributed by atoms with E-state index in [1.807, 2.05) is 4.90 Å². The van der Waals surface area contributed by atoms with Crippen LogP contribution in [0.3, 0.4) is 0 Å². The molecule has 0 spiro atoms. The fourth-order valence-corrected chi connectivity index (χ4v) is 6.13. The third-order valence-corrected chi connectivity index (χ3v) is 7.92. The molecule has 1 atom stereocenters. The number of ether oxygens (including phenoxy) is 2. The molecule has 0 saturated carbocycles. The molecule has 2 aromatic carbocycles. The van der Waals surface area contributed by atoms with Crippen molar-refractivity contribution < 1.29 is 35.9 Å². The molecule has 2 heterocycles. The maximum absolute atomic E-state index is 13.7. The van der Waals surface area contributed by atoms with Gasteiger partial charge in [0.25, 0.3) is 10.0 Å². The Morgan fingerprint density at radius 2 is 1.75 bits per heavy atom. The van der Waals surface area contributed by atoms with Gasteiger partial charge in [-0.15, -0.1) is 13.2 Å². The van der Waals surface area contributed by atoms with Crippen LogP contribution in [0.4, 0.5) is 29.3 Å². The molecular weight excluding hydrogens is 567 g/mol. The van der Waals surface area contributed by atoms with E-state index in [1.165, 1.54) is 16.4 Å². The quantitative estimate of drug-likeness (QED) is 0.501. The van der Waals surface area contributed by atoms with Crippen molar-refractivity contribution in [3.63, 3.8) is 0 Å². The zero-order valence-corrected chi connectivity index (χ0v) is 22.2. The van der Waals surface area contributed by atoms with Crippen LogP contribution >= 0.6 is 15.9 Å². The molecule has 0 N–H and O–H groups in total. The molecular formula is C23H25BrF3N3O5S. The second-order valence-electron chi connectivity index (χ2n) is 9.47. The number of hydrogen-bond donors (Lipinski definition) is 0. The van der Waals surface area contributed by atoms with E-state index in [-0.39, 0.29) is 18.0 Å². The van der Waals surface area contributed by atoms with E-state index in [0.717, 1.165) is 12.1 Å². The zero-order chi connectivity index (χ0) is 26.5. The SMILES string of the molecule is CC(C)(C)OC(=O)N1CCN2c3ccc(Br)cc3N(S(=O)(=O)c3cccc(OC(F)(F)F)c3)C[C@@H]2C1. The number of carbonyl (C=O) groups excluding carboxylic acids is 1. The van der Waals surface area contributed by atoms with E-state index < -0.39 is 39.9 Å². The third-order valence-electron chi connectivity index (χ3n) is 5.65. The number of halogens is 4. The fraction of sp³-hybridized carbons (Fsp3) is 0.435. The molecule has 13 heteroatoms. The molecule has 1 saturated heterocycles. The van der Waals surface area contributed by atoms with Crippen LogP contribution in [-0.2, 0) is 14.8 Å². The highest BCUT2D eigenvalue weighted by atomic mass is 79.9. The van der Waals surface area contributed by atoms with Crippen molar-refractivity contribution >= 4 is 43.4 Å². The number of piperazine rings is 1. The average Bonchev–Trinajstić information content (AvgIpc) is 2.75. The van der Waals surface area contributed by atoms with Crippen molar-refractivity contribution in [3.8, 4) is 5.75 Å². The highest BCUT2D eigenvalue weighted by Crippen LogP contribution is 2.41. The molecule has 196 valence electrons. The lowest BCUT2D eigenvalue weighted by Gasteiger charge is -2.49. The lowest BCUT2D eigenvalue weighted by atomic mass is 10.1. The third kappa shape index (κ3) is 5.66. The number of fused-ring (bicyclic) bond motifs is 3. The highest BCUT2D eigenvalue weighted by Gasteiger charge is 2.42. The molecule has 2 aromatic rings. The number of hydrogen-bond acceptors (Lipinski definition) is 6. The van der Waals surface area contributed by atoms with Crippen LogP contribution in [0.25, 0.3) is 0 Å². The number of anilines is 2. The molecule has 0 radical (unpaired) electrons. The van der Waals surface area contributed by atoms with E-state index in [1.54, 1.807) is 43.9 Å². The average molecular weight is 592 g/mol. The topological polar surface area (TPSA) is 79.4 Å². The van der Waals surface area contributed by atoms with Gasteiger partial charge in [-0.2, -0.15) is 0 Å². The van der Waals surface area contributed by atoms with Gasteiger partial charge in [0, 0.05) is 30.2 Å². The monoisotopic (exact) mass is 591 g/mol. The molecule has 0 aromatic heterocycles. The minimum absolute atomic E-state index is 0.0184. The highest BCUT2D eigenvalue weighted by molar-refractivity contribution is 9.10. The van der Waals surface area contributed by atoms with Crippen LogP contribution in [0, 0.1) is 0 Å². The number of carbonyl (C=O) groups is 1. The van der Waals surface area contributed by atoms with Crippen molar-refractivity contribution in [2.24, 2.45) is 0 Å². The second kappa shape index (κ2) is 9.33. The van der Waals surface area contributed by atoms with E-state index in [4.69, 9.17) is 4.74 Å². The van der Waals surface area contributed by atoms with E-state index in [0.29, 0.717) is 28.9 Å². The van der Waals surface area contributed by atoms with Gasteiger partial charge in [0.05, 0.1) is 28.9 Å². The molecule has 0 unspecified atom stereocenters. The molecule has 4 rings (SSSR count). The zero-order valence-electron chi connectivity index (χ0n) is 19.8. The number of benzene rings is 2. The molecule has 2 aliphatic rings. The van der Waals surface area contributed by atoms with Gasteiger partial charge in [0.2, 0.25) is 0 Å². The first-order valence-corrected chi connectivity index (χ1v) is 13.3. The van der Waals surface area contributed by atoms with Crippen LogP contribution in [0.2, 0.25) is 0 Å². The summed E-state index contributed by atoms with van der Waals surface area (Å²) in [5.74, 6) is -0.634. The van der Waals surface area contributed by atoms with Crippen LogP contribution in [0.15, 0.2) is 51.8 Å². The standard InChI is InChI=1S/C23H25BrF3N3O5S/c1-22(2,3)35-21(31)28-9-10-29-16(13-28)14-30(20-11-15(24)7-8-19(20)29)36(32,33)18-6-4-5-17(12-18)34-23(25,26)27/h4-8,11-12,16H,9-10,13-14H2,1-3H3/t16-/m0/s1. The van der Waals surface area contributed by atoms with Gasteiger partial charge >= 0.3 is 12.5 Å². The van der Waals surface area contributed by atoms with Crippen LogP contribution < -0.4 is 13.9 Å². The van der Waals surface area contributed by atoms with Gasteiger partial charge in [0.15, 0.2) is 0 Å². The maximum Gasteiger partial charge on any atom is 0.573 e. The molecule has 8 nitrogen and oxygen atoms in total. The van der Waals surface area contributed by atoms with Gasteiger partial charge in [-0.05, 0) is 51.1 Å². The summed E-state index contributed by atoms with van der Waals surface area (Å²) in [5.41, 5.74) is 0.344. The molecule has 0 bridgehead atoms. The summed E-state index contributed by atoms with van der Waals surface area (Å²) >= 11 is 3.38. The Hall–Kier alpha value is -2.67. The van der Waals surface area contributed by atoms with Crippen LogP contribution in [0.1, 0.15) is 20.8 Å². The van der Waals surface area contributed by atoms with Gasteiger partial charge in [-0.3, -0.25) is 4.31 Å². The van der Waals surface area contributed by atoms with E-state index >= 15 is 0 Å². The first-order valence-electron chi connectivity index (χ1n) is 11.1. The smallest absolute Gasteiger partial charge is 0.444 e. The summed E-state index contributed by atoms with van der Waals surface area (Å²) in [6, 6.07) is 9.11. The van der Waals surface area contributed by atoms with Crippen molar-refractivity contribution in [3.05, 3.63) is 46.9 Å². The predicted molar refractivity (Wildman–Crippen MR) is 131 cm³/mol. The van der Waals surface area contributed by atoms with Gasteiger partial charge in [-0.25, -0.2) is 13.2 Å². The first-order chi connectivity index (χ1) is 16.6. The molecule has 36 heavy (non-hydrogen) atoms. The number of alkyl halides is 3. The molecule has 0 aliphatic carbocycles. The second-order valence-corrected chi connectivity index (χ2v) is 12.2. The van der Waals surface area contributed by atoms with E-state index in [2.05, 4.69) is 20.7 Å². The Balaban J connectivity index is 1.69. The molecule has 1 fully saturated rings. The van der Waals surface area contributed by atoms with Crippen molar-refractivity contribution in [2.45, 2.75) is 43.7 Å². The normalized spacial score (nSPS) is 18.4. The number of sulfonamides is 1. The Kier molecular flexibility index (Phi) is 6.84. The molecule has 2 aliphatic heterocycles. The maximum atomic E-state index is 13.7. The van der Waals surface area contributed by atoms with Gasteiger partial charge in [0.1, 0.15) is 11.4 Å². The van der Waals surface area contributed by atoms with Crippen molar-refractivity contribution in [1.29, 1.82) is 0 Å². The summed E-state index contributed by atoms with van der Waals surface area (Å²) < 4.78 is 76.8.